The molecule has 19 heteroatoms. The Hall–Kier alpha value is -6.79. The largest absolute Gasteiger partial charge is 0.497 e. The lowest BCUT2D eigenvalue weighted by Crippen LogP contribution is -2.44. The smallest absolute Gasteiger partial charge is 0.418 e. The number of anilines is 2. The van der Waals surface area contributed by atoms with Gasteiger partial charge in [0.15, 0.2) is 0 Å². The van der Waals surface area contributed by atoms with Crippen molar-refractivity contribution in [1.29, 1.82) is 0 Å². The molecule has 2 N–H and O–H groups in total. The Morgan fingerprint density at radius 2 is 1.67 bits per heavy atom. The highest BCUT2D eigenvalue weighted by atomic mass is 35.5. The van der Waals surface area contributed by atoms with Gasteiger partial charge in [-0.05, 0) is 100 Å². The first-order valence-electron chi connectivity index (χ1n) is 22.2. The summed E-state index contributed by atoms with van der Waals surface area (Å²) in [6.07, 6.45) is -3.28. The van der Waals surface area contributed by atoms with Crippen LogP contribution in [0.25, 0.3) is 17.1 Å². The van der Waals surface area contributed by atoms with Crippen LogP contribution in [0.15, 0.2) is 96.1 Å². The molecule has 364 valence electrons. The molecule has 0 unspecified atom stereocenters. The van der Waals surface area contributed by atoms with E-state index in [2.05, 4.69) is 15.6 Å². The van der Waals surface area contributed by atoms with Crippen molar-refractivity contribution in [2.45, 2.75) is 77.7 Å². The van der Waals surface area contributed by atoms with Crippen LogP contribution in [0.5, 0.6) is 17.2 Å². The van der Waals surface area contributed by atoms with Gasteiger partial charge in [0.1, 0.15) is 59.8 Å². The lowest BCUT2D eigenvalue weighted by Gasteiger charge is -2.27. The summed E-state index contributed by atoms with van der Waals surface area (Å²) in [5, 5.41) is 6.41. The number of halogens is 5. The Balaban J connectivity index is 1.27. The molecule has 14 nitrogen and oxygen atoms in total. The van der Waals surface area contributed by atoms with Crippen LogP contribution < -0.4 is 40.3 Å². The zero-order chi connectivity index (χ0) is 49.2. The van der Waals surface area contributed by atoms with Gasteiger partial charge in [-0.1, -0.05) is 41.9 Å². The van der Waals surface area contributed by atoms with Gasteiger partial charge in [-0.25, -0.2) is 19.2 Å². The number of aryl methyl sites for hydroxylation is 1. The van der Waals surface area contributed by atoms with Crippen LogP contribution in [-0.2, 0) is 35.3 Å². The van der Waals surface area contributed by atoms with Gasteiger partial charge in [-0.15, -0.1) is 0 Å². The number of methoxy groups -OCH3 is 2. The molecule has 5 heterocycles. The van der Waals surface area contributed by atoms with Gasteiger partial charge < -0.3 is 38.8 Å². The first-order chi connectivity index (χ1) is 32.9. The molecular formula is C50H53ClF4N8O6. The Morgan fingerprint density at radius 1 is 1.00 bits per heavy atom. The maximum Gasteiger partial charge on any atom is 0.418 e. The van der Waals surface area contributed by atoms with Crippen LogP contribution in [0.3, 0.4) is 0 Å². The number of pyridine rings is 2. The van der Waals surface area contributed by atoms with Crippen molar-refractivity contribution in [2.24, 2.45) is 4.99 Å². The maximum absolute atomic E-state index is 15.5. The minimum Gasteiger partial charge on any atom is -0.497 e. The first-order valence-corrected chi connectivity index (χ1v) is 22.6. The number of hydrogen-bond acceptors (Lipinski definition) is 13. The number of carbonyl (C=O) groups is 1. The number of carbonyl (C=O) groups excluding carboxylic acids is 1. The number of nitrogens with zero attached hydrogens (tertiary/aromatic N) is 6. The monoisotopic (exact) mass is 972 g/mol. The Labute approximate surface area is 402 Å². The first kappa shape index (κ1) is 48.7. The molecule has 3 aliphatic heterocycles. The van der Waals surface area contributed by atoms with Crippen molar-refractivity contribution in [1.82, 2.24) is 25.1 Å². The van der Waals surface area contributed by atoms with Gasteiger partial charge in [0.05, 0.1) is 53.8 Å². The number of benzene rings is 3. The molecule has 0 aliphatic carbocycles. The van der Waals surface area contributed by atoms with E-state index < -0.39 is 35.3 Å². The van der Waals surface area contributed by atoms with Crippen LogP contribution in [0, 0.1) is 6.92 Å². The summed E-state index contributed by atoms with van der Waals surface area (Å²) in [7, 11) is 4.94. The number of rotatable bonds is 14. The van der Waals surface area contributed by atoms with Crippen LogP contribution in [-0.4, -0.2) is 84.8 Å². The number of likely N-dealkylation sites (N-methyl/N-ethyl adjacent to an activating group) is 1. The molecule has 0 saturated carbocycles. The number of aromatic nitrogens is 2. The molecular weight excluding hydrogens is 920 g/mol. The molecule has 2 atom stereocenters. The maximum atomic E-state index is 15.5. The van der Waals surface area contributed by atoms with Crippen molar-refractivity contribution in [3.8, 4) is 28.5 Å². The molecule has 0 spiro atoms. The van der Waals surface area contributed by atoms with Gasteiger partial charge in [-0.2, -0.15) is 13.2 Å². The number of likely N-dealkylation sites (tertiary alicyclic amines) is 1. The molecule has 2 aromatic heterocycles. The predicted octanol–water partition coefficient (Wildman–Crippen LogP) is 8.69. The highest BCUT2D eigenvalue weighted by molar-refractivity contribution is 6.33. The molecule has 1 amide bonds. The van der Waals surface area contributed by atoms with E-state index in [1.165, 1.54) is 25.3 Å². The van der Waals surface area contributed by atoms with E-state index in [0.717, 1.165) is 11.1 Å². The van der Waals surface area contributed by atoms with Gasteiger partial charge >= 0.3 is 18.2 Å². The van der Waals surface area contributed by atoms with Crippen LogP contribution in [0.4, 0.5) is 34.0 Å². The van der Waals surface area contributed by atoms with E-state index in [4.69, 9.17) is 45.3 Å². The average molecular weight is 973 g/mol. The quantitative estimate of drug-likeness (QED) is 0.103. The fraction of sp³-hybridized carbons (Fsp3) is 0.360. The minimum atomic E-state index is -4.87. The molecule has 0 radical (unpaired) electrons. The summed E-state index contributed by atoms with van der Waals surface area (Å²) in [5.41, 5.74) is -0.0976. The van der Waals surface area contributed by atoms with E-state index in [-0.39, 0.29) is 96.8 Å². The summed E-state index contributed by atoms with van der Waals surface area (Å²) in [4.78, 5) is 32.4. The van der Waals surface area contributed by atoms with E-state index in [0.29, 0.717) is 28.1 Å². The highest BCUT2D eigenvalue weighted by Crippen LogP contribution is 2.43. The third-order valence-electron chi connectivity index (χ3n) is 11.7. The topological polar surface area (TPSA) is 135 Å². The highest BCUT2D eigenvalue weighted by Gasteiger charge is 2.39. The number of hydrogen-bond donors (Lipinski definition) is 2. The number of ether oxygens (including phenoxy) is 5. The van der Waals surface area contributed by atoms with Crippen LogP contribution >= 0.6 is 11.6 Å². The average Bonchev–Trinajstić information content (AvgIpc) is 3.55. The normalized spacial score (nSPS) is 16.8. The third-order valence-corrected chi connectivity index (χ3v) is 12.1. The Morgan fingerprint density at radius 3 is 2.26 bits per heavy atom. The van der Waals surface area contributed by atoms with E-state index in [9.17, 15) is 9.18 Å². The van der Waals surface area contributed by atoms with E-state index in [1.54, 1.807) is 65.3 Å². The second-order valence-electron chi connectivity index (χ2n) is 17.9. The summed E-state index contributed by atoms with van der Waals surface area (Å²) < 4.78 is 90.1. The number of amides is 1. The zero-order valence-electron chi connectivity index (χ0n) is 39.2. The molecule has 1 fully saturated rings. The van der Waals surface area contributed by atoms with E-state index >= 15 is 13.2 Å². The second-order valence-corrected chi connectivity index (χ2v) is 18.3. The van der Waals surface area contributed by atoms with Crippen molar-refractivity contribution in [3.63, 3.8) is 0 Å². The van der Waals surface area contributed by atoms with Crippen molar-refractivity contribution >= 4 is 35.2 Å². The van der Waals surface area contributed by atoms with Gasteiger partial charge in [0, 0.05) is 43.0 Å². The fourth-order valence-corrected chi connectivity index (χ4v) is 8.73. The zero-order valence-corrected chi connectivity index (χ0v) is 40.0. The van der Waals surface area contributed by atoms with Gasteiger partial charge in [0.2, 0.25) is 0 Å². The van der Waals surface area contributed by atoms with Crippen LogP contribution in [0.2, 0.25) is 5.02 Å². The van der Waals surface area contributed by atoms with Crippen molar-refractivity contribution < 1.29 is 46.0 Å². The summed E-state index contributed by atoms with van der Waals surface area (Å²) in [6, 6.07) is 20.8. The minimum absolute atomic E-state index is 0.0254. The van der Waals surface area contributed by atoms with Crippen LogP contribution in [0.1, 0.15) is 55.0 Å². The number of alkyl halides is 4. The molecule has 69 heavy (non-hydrogen) atoms. The summed E-state index contributed by atoms with van der Waals surface area (Å²) in [5.74, 6) is 2.22. The van der Waals surface area contributed by atoms with Gasteiger partial charge in [-0.3, -0.25) is 15.2 Å². The summed E-state index contributed by atoms with van der Waals surface area (Å²) >= 11 is 7.30. The lowest BCUT2D eigenvalue weighted by atomic mass is 9.99. The Bertz CT molecular complexity index is 2810. The fourth-order valence-electron chi connectivity index (χ4n) is 8.43. The standard InChI is InChI=1S/C50H53ClF4N8O6/c1-29-19-39(62(22-30-10-14-35(65-6)15-11-30)23-31-12-16-36(66-7)17-13-31)59-44(42(29)50(53,54)55)37-21-38-41-45(43(37)51)57-28-58-47(41)63(26-40(68-38)67-27-34-20-33(52)25-61(34)5)24-32-9-8-18-56-46(32)60-48(64)69-49(2,3)4/h8-19,21,26,33-34,58H,20,22-25,27-28H2,1-7H3,(H,56,60,64)/t33-,34+/m1/s1. The molecule has 3 aromatic carbocycles. The Kier molecular flexibility index (Phi) is 14.1. The molecule has 5 aromatic rings. The molecule has 0 bridgehead atoms. The van der Waals surface area contributed by atoms with Crippen molar-refractivity contribution in [3.05, 3.63) is 135 Å². The number of nitrogens with one attached hydrogen (secondary N) is 2. The van der Waals surface area contributed by atoms with Gasteiger partial charge in [0.25, 0.3) is 0 Å². The molecule has 1 saturated heterocycles. The molecule has 3 aliphatic rings. The second kappa shape index (κ2) is 20.0. The van der Waals surface area contributed by atoms with E-state index in [1.807, 2.05) is 58.3 Å². The lowest BCUT2D eigenvalue weighted by molar-refractivity contribution is -0.137. The van der Waals surface area contributed by atoms with Crippen molar-refractivity contribution in [2.75, 3.05) is 51.3 Å². The summed E-state index contributed by atoms with van der Waals surface area (Å²) in [6.45, 7) is 7.47. The predicted molar refractivity (Wildman–Crippen MR) is 253 cm³/mol. The SMILES string of the molecule is COc1ccc(CN(Cc2ccc(OC)cc2)c2cc(C)c(C(F)(F)F)c(-c3cc4c5c(c3Cl)=NCNC=5N(Cc3cccnc3NC(=O)OC(C)(C)C)C=C(OC[C@@H]3C[C@@H](F)CN3C)O4)n2)cc1. The third kappa shape index (κ3) is 11.2. The molecule has 8 rings (SSSR count).